The molecule has 0 spiro atoms. The molecule has 1 heterocycles. The normalized spacial score (nSPS) is 10.6. The van der Waals surface area contributed by atoms with Gasteiger partial charge in [-0.25, -0.2) is 14.2 Å². The first-order valence-electron chi connectivity index (χ1n) is 8.87. The lowest BCUT2D eigenvalue weighted by atomic mass is 10.1. The number of hydrogen-bond acceptors (Lipinski definition) is 4. The summed E-state index contributed by atoms with van der Waals surface area (Å²) in [6, 6.07) is 12.4. The number of halogens is 1. The van der Waals surface area contributed by atoms with E-state index < -0.39 is 5.97 Å². The Balaban J connectivity index is 2.00. The molecule has 0 bridgehead atoms. The van der Waals surface area contributed by atoms with Crippen molar-refractivity contribution in [1.29, 1.82) is 0 Å². The minimum atomic E-state index is -1.11. The largest absolute Gasteiger partial charge is 0.478 e. The number of rotatable bonds is 6. The maximum atomic E-state index is 13.1. The van der Waals surface area contributed by atoms with Crippen LogP contribution in [0.15, 0.2) is 59.9 Å². The second kappa shape index (κ2) is 8.10. The summed E-state index contributed by atoms with van der Waals surface area (Å²) in [7, 11) is 1.55. The number of hydrogen-bond donors (Lipinski definition) is 2. The Bertz CT molecular complexity index is 1150. The minimum Gasteiger partial charge on any atom is -0.478 e. The van der Waals surface area contributed by atoms with Gasteiger partial charge >= 0.3 is 5.97 Å². The van der Waals surface area contributed by atoms with Crippen molar-refractivity contribution in [1.82, 2.24) is 14.9 Å². The fourth-order valence-electron chi connectivity index (χ4n) is 3.01. The van der Waals surface area contributed by atoms with Gasteiger partial charge in [-0.2, -0.15) is 0 Å². The monoisotopic (exact) mass is 393 g/mol. The van der Waals surface area contributed by atoms with Gasteiger partial charge in [0.25, 0.3) is 5.56 Å². The van der Waals surface area contributed by atoms with E-state index in [0.29, 0.717) is 29.1 Å². The molecule has 0 atom stereocenters. The van der Waals surface area contributed by atoms with Crippen LogP contribution in [0.2, 0.25) is 0 Å². The van der Waals surface area contributed by atoms with Crippen molar-refractivity contribution in [3.05, 3.63) is 93.7 Å². The molecule has 148 valence electrons. The van der Waals surface area contributed by atoms with E-state index in [1.807, 2.05) is 0 Å². The lowest BCUT2D eigenvalue weighted by molar-refractivity contribution is 0.0697. The summed E-state index contributed by atoms with van der Waals surface area (Å²) in [6.07, 6.45) is 0. The van der Waals surface area contributed by atoms with Crippen molar-refractivity contribution in [2.75, 3.05) is 0 Å². The Morgan fingerprint density at radius 1 is 1.21 bits per heavy atom. The van der Waals surface area contributed by atoms with Crippen LogP contribution in [0.25, 0.3) is 17.1 Å². The molecule has 0 aliphatic heterocycles. The van der Waals surface area contributed by atoms with Crippen molar-refractivity contribution < 1.29 is 14.3 Å². The van der Waals surface area contributed by atoms with Gasteiger partial charge in [0, 0.05) is 24.7 Å². The molecule has 0 aliphatic rings. The lowest BCUT2D eigenvalue weighted by Crippen LogP contribution is -2.26. The molecule has 1 aromatic heterocycles. The van der Waals surface area contributed by atoms with Crippen molar-refractivity contribution in [2.24, 2.45) is 7.05 Å². The van der Waals surface area contributed by atoms with E-state index in [0.717, 1.165) is 5.56 Å². The van der Waals surface area contributed by atoms with Crippen LogP contribution in [-0.4, -0.2) is 20.6 Å². The Labute approximate surface area is 167 Å². The Morgan fingerprint density at radius 3 is 2.52 bits per heavy atom. The fourth-order valence-corrected chi connectivity index (χ4v) is 3.01. The molecule has 0 aliphatic carbocycles. The highest BCUT2D eigenvalue weighted by Crippen LogP contribution is 2.23. The third kappa shape index (κ3) is 4.08. The molecule has 6 nitrogen and oxygen atoms in total. The maximum Gasteiger partial charge on any atom is 0.336 e. The predicted molar refractivity (Wildman–Crippen MR) is 109 cm³/mol. The number of benzene rings is 2. The average Bonchev–Trinajstić information content (AvgIpc) is 2.71. The lowest BCUT2D eigenvalue weighted by Gasteiger charge is -2.16. The molecule has 0 unspecified atom stereocenters. The van der Waals surface area contributed by atoms with Crippen molar-refractivity contribution >= 4 is 11.7 Å². The summed E-state index contributed by atoms with van der Waals surface area (Å²) in [5, 5.41) is 12.6. The highest BCUT2D eigenvalue weighted by Gasteiger charge is 2.19. The van der Waals surface area contributed by atoms with Crippen LogP contribution in [0.1, 0.15) is 27.2 Å². The molecule has 0 amide bonds. The number of carboxylic acid groups (broad SMARTS) is 1. The van der Waals surface area contributed by atoms with E-state index >= 15 is 0 Å². The van der Waals surface area contributed by atoms with Crippen LogP contribution in [0, 0.1) is 12.7 Å². The summed E-state index contributed by atoms with van der Waals surface area (Å²) in [5.41, 5.74) is 2.09. The number of aromatic nitrogens is 2. The molecule has 7 heteroatoms. The SMILES string of the molecule is C=C(NCc1ccc(F)cc1)c1nc(-c2ccccc2C(=O)O)n(C)c(=O)c1C. The van der Waals surface area contributed by atoms with E-state index in [-0.39, 0.29) is 22.8 Å². The van der Waals surface area contributed by atoms with Gasteiger partial charge in [-0.05, 0) is 30.7 Å². The summed E-state index contributed by atoms with van der Waals surface area (Å²) in [4.78, 5) is 28.9. The molecule has 3 rings (SSSR count). The first-order valence-corrected chi connectivity index (χ1v) is 8.87. The molecule has 3 aromatic rings. The van der Waals surface area contributed by atoms with Crippen LogP contribution >= 0.6 is 0 Å². The molecular weight excluding hydrogens is 373 g/mol. The zero-order valence-corrected chi connectivity index (χ0v) is 16.1. The second-order valence-electron chi connectivity index (χ2n) is 6.58. The average molecular weight is 393 g/mol. The van der Waals surface area contributed by atoms with Crippen LogP contribution in [0.5, 0.6) is 0 Å². The summed E-state index contributed by atoms with van der Waals surface area (Å²) < 4.78 is 14.4. The quantitative estimate of drug-likeness (QED) is 0.671. The van der Waals surface area contributed by atoms with Crippen molar-refractivity contribution in [3.8, 4) is 11.4 Å². The van der Waals surface area contributed by atoms with Gasteiger partial charge in [0.15, 0.2) is 0 Å². The van der Waals surface area contributed by atoms with E-state index in [1.165, 1.54) is 22.8 Å². The summed E-state index contributed by atoms with van der Waals surface area (Å²) in [6.45, 7) is 5.98. The Hall–Kier alpha value is -3.74. The van der Waals surface area contributed by atoms with Crippen LogP contribution < -0.4 is 10.9 Å². The Morgan fingerprint density at radius 2 is 1.86 bits per heavy atom. The van der Waals surface area contributed by atoms with E-state index in [2.05, 4.69) is 16.9 Å². The third-order valence-electron chi connectivity index (χ3n) is 4.62. The molecule has 29 heavy (non-hydrogen) atoms. The molecule has 0 radical (unpaired) electrons. The van der Waals surface area contributed by atoms with Crippen LogP contribution in [-0.2, 0) is 13.6 Å². The van der Waals surface area contributed by atoms with Crippen LogP contribution in [0.4, 0.5) is 4.39 Å². The zero-order valence-electron chi connectivity index (χ0n) is 16.1. The van der Waals surface area contributed by atoms with Gasteiger partial charge in [-0.1, -0.05) is 36.9 Å². The fraction of sp³-hybridized carbons (Fsp3) is 0.136. The van der Waals surface area contributed by atoms with Crippen molar-refractivity contribution in [2.45, 2.75) is 13.5 Å². The van der Waals surface area contributed by atoms with Gasteiger partial charge in [-0.15, -0.1) is 0 Å². The number of aromatic carboxylic acids is 1. The molecule has 0 fully saturated rings. The number of nitrogens with one attached hydrogen (secondary N) is 1. The predicted octanol–water partition coefficient (Wildman–Crippen LogP) is 3.35. The summed E-state index contributed by atoms with van der Waals surface area (Å²) >= 11 is 0. The highest BCUT2D eigenvalue weighted by atomic mass is 19.1. The summed E-state index contributed by atoms with van der Waals surface area (Å²) in [5.74, 6) is -1.19. The maximum absolute atomic E-state index is 13.1. The first-order chi connectivity index (χ1) is 13.8. The van der Waals surface area contributed by atoms with Gasteiger partial charge < -0.3 is 10.4 Å². The molecule has 0 saturated heterocycles. The number of carboxylic acids is 1. The van der Waals surface area contributed by atoms with E-state index in [9.17, 15) is 19.1 Å². The molecule has 2 aromatic carbocycles. The third-order valence-corrected chi connectivity index (χ3v) is 4.62. The smallest absolute Gasteiger partial charge is 0.336 e. The number of carbonyl (C=O) groups is 1. The van der Waals surface area contributed by atoms with Gasteiger partial charge in [0.05, 0.1) is 17.0 Å². The zero-order chi connectivity index (χ0) is 21.1. The molecule has 0 saturated carbocycles. The minimum absolute atomic E-state index is 0.0506. The molecule has 2 N–H and O–H groups in total. The number of nitrogens with zero attached hydrogens (tertiary/aromatic N) is 2. The van der Waals surface area contributed by atoms with Gasteiger partial charge in [0.2, 0.25) is 0 Å². The van der Waals surface area contributed by atoms with Crippen LogP contribution in [0.3, 0.4) is 0 Å². The van der Waals surface area contributed by atoms with E-state index in [4.69, 9.17) is 0 Å². The van der Waals surface area contributed by atoms with Gasteiger partial charge in [0.1, 0.15) is 11.6 Å². The second-order valence-corrected chi connectivity index (χ2v) is 6.58. The first kappa shape index (κ1) is 20.0. The standard InChI is InChI=1S/C22H20FN3O3/c1-13-19(14(2)24-12-15-8-10-16(23)11-9-15)25-20(26(3)21(13)27)17-6-4-5-7-18(17)22(28)29/h4-11,24H,2,12H2,1,3H3,(H,28,29). The van der Waals surface area contributed by atoms with Crippen molar-refractivity contribution in [3.63, 3.8) is 0 Å². The van der Waals surface area contributed by atoms with E-state index in [1.54, 1.807) is 44.3 Å². The highest BCUT2D eigenvalue weighted by molar-refractivity contribution is 5.95. The topological polar surface area (TPSA) is 84.2 Å². The Kier molecular flexibility index (Phi) is 5.59. The van der Waals surface area contributed by atoms with Gasteiger partial charge in [-0.3, -0.25) is 9.36 Å². The molecular formula is C22H20FN3O3.